The fraction of sp³-hybridized carbons (Fsp3) is 0.500. The van der Waals surface area contributed by atoms with E-state index in [9.17, 15) is 18.0 Å². The van der Waals surface area contributed by atoms with Crippen molar-refractivity contribution in [2.24, 2.45) is 0 Å². The van der Waals surface area contributed by atoms with Crippen LogP contribution in [0.4, 0.5) is 13.2 Å². The Morgan fingerprint density at radius 2 is 1.90 bits per heavy atom. The van der Waals surface area contributed by atoms with E-state index in [-0.39, 0.29) is 29.0 Å². The van der Waals surface area contributed by atoms with Crippen LogP contribution in [0, 0.1) is 0 Å². The van der Waals surface area contributed by atoms with Gasteiger partial charge in [-0.1, -0.05) is 12.1 Å². The Labute approximate surface area is 186 Å². The fourth-order valence-corrected chi connectivity index (χ4v) is 5.28. The van der Waals surface area contributed by atoms with Crippen molar-refractivity contribution in [3.05, 3.63) is 47.7 Å². The van der Waals surface area contributed by atoms with E-state index in [1.807, 2.05) is 16.7 Å². The van der Waals surface area contributed by atoms with Crippen LogP contribution in [0.1, 0.15) is 29.0 Å². The Balaban J connectivity index is 1.79. The molecule has 0 radical (unpaired) electrons. The van der Waals surface area contributed by atoms with Crippen molar-refractivity contribution < 1.29 is 26.8 Å². The summed E-state index contributed by atoms with van der Waals surface area (Å²) < 4.78 is 50.8. The van der Waals surface area contributed by atoms with E-state index in [1.165, 1.54) is 6.07 Å². The zero-order valence-corrected chi connectivity index (χ0v) is 19.8. The van der Waals surface area contributed by atoms with Gasteiger partial charge in [0.1, 0.15) is 5.76 Å². The van der Waals surface area contributed by atoms with Crippen LogP contribution in [0.5, 0.6) is 0 Å². The summed E-state index contributed by atoms with van der Waals surface area (Å²) in [4.78, 5) is 15.1. The van der Waals surface area contributed by atoms with Gasteiger partial charge in [0.15, 0.2) is 14.1 Å². The van der Waals surface area contributed by atoms with Gasteiger partial charge in [0, 0.05) is 18.2 Å². The lowest BCUT2D eigenvalue weighted by atomic mass is 10.1. The number of amides is 1. The van der Waals surface area contributed by atoms with Crippen LogP contribution in [0.25, 0.3) is 11.3 Å². The highest BCUT2D eigenvalue weighted by Crippen LogP contribution is 2.33. The Morgan fingerprint density at radius 1 is 1.19 bits per heavy atom. The first kappa shape index (κ1) is 23.9. The second-order valence-electron chi connectivity index (χ2n) is 8.55. The average molecular weight is 472 g/mol. The second-order valence-corrected chi connectivity index (χ2v) is 14.3. The lowest BCUT2D eigenvalue weighted by Crippen LogP contribution is -2.45. The van der Waals surface area contributed by atoms with Gasteiger partial charge in [-0.2, -0.15) is 24.9 Å². The highest BCUT2D eigenvalue weighted by molar-refractivity contribution is 7.99. The van der Waals surface area contributed by atoms with Crippen molar-refractivity contribution in [3.63, 3.8) is 0 Å². The summed E-state index contributed by atoms with van der Waals surface area (Å²) in [5.41, 5.74) is -0.462. The predicted octanol–water partition coefficient (Wildman–Crippen LogP) is 6.15. The Morgan fingerprint density at radius 3 is 2.55 bits per heavy atom. The maximum Gasteiger partial charge on any atom is 0.416 e. The quantitative estimate of drug-likeness (QED) is 0.454. The SMILES string of the molecule is C[Si](C)(C)OCCN(C(=O)c1ccc(-c2cccc(C(F)(F)F)c2)o1)C1CCSCC1. The van der Waals surface area contributed by atoms with Crippen molar-refractivity contribution in [1.29, 1.82) is 0 Å². The molecule has 0 unspecified atom stereocenters. The molecule has 1 aromatic heterocycles. The Hall–Kier alpha value is -1.71. The van der Waals surface area contributed by atoms with Crippen LogP contribution in [-0.2, 0) is 10.6 Å². The minimum Gasteiger partial charge on any atom is -0.451 e. The first-order chi connectivity index (χ1) is 14.5. The molecule has 2 heterocycles. The molecule has 1 aliphatic heterocycles. The average Bonchev–Trinajstić information content (AvgIpc) is 3.20. The van der Waals surface area contributed by atoms with Gasteiger partial charge >= 0.3 is 6.18 Å². The third-order valence-electron chi connectivity index (χ3n) is 5.05. The number of benzene rings is 1. The number of nitrogens with zero attached hydrogens (tertiary/aromatic N) is 1. The van der Waals surface area contributed by atoms with Crippen LogP contribution in [-0.4, -0.2) is 49.8 Å². The number of carbonyl (C=O) groups excluding carboxylic acids is 1. The lowest BCUT2D eigenvalue weighted by Gasteiger charge is -2.34. The summed E-state index contributed by atoms with van der Waals surface area (Å²) in [6.07, 6.45) is -2.62. The third kappa shape index (κ3) is 6.63. The molecular formula is C22H28F3NO3SSi. The standard InChI is InChI=1S/C22H28F3NO3SSi/c1-31(2,3)28-12-11-26(18-9-13-30-14-10-18)21(27)20-8-7-19(29-20)16-5-4-6-17(15-16)22(23,24)25/h4-8,15,18H,9-14H2,1-3H3. The van der Waals surface area contributed by atoms with Gasteiger partial charge in [-0.25, -0.2) is 0 Å². The molecule has 0 N–H and O–H groups in total. The number of halogens is 3. The molecule has 9 heteroatoms. The summed E-state index contributed by atoms with van der Waals surface area (Å²) in [5.74, 6) is 2.13. The molecule has 0 bridgehead atoms. The Bertz CT molecular complexity index is 889. The molecule has 1 amide bonds. The first-order valence-corrected chi connectivity index (χ1v) is 14.9. The summed E-state index contributed by atoms with van der Waals surface area (Å²) >= 11 is 1.88. The smallest absolute Gasteiger partial charge is 0.416 e. The maximum absolute atomic E-state index is 13.3. The van der Waals surface area contributed by atoms with Gasteiger partial charge in [0.05, 0.1) is 12.2 Å². The summed E-state index contributed by atoms with van der Waals surface area (Å²) in [6.45, 7) is 7.24. The van der Waals surface area contributed by atoms with E-state index in [2.05, 4.69) is 19.6 Å². The van der Waals surface area contributed by atoms with Crippen LogP contribution >= 0.6 is 11.8 Å². The molecule has 170 valence electrons. The fourth-order valence-electron chi connectivity index (χ4n) is 3.50. The predicted molar refractivity (Wildman–Crippen MR) is 120 cm³/mol. The van der Waals surface area contributed by atoms with Crippen molar-refractivity contribution in [3.8, 4) is 11.3 Å². The van der Waals surface area contributed by atoms with Gasteiger partial charge in [0.2, 0.25) is 0 Å². The molecule has 3 rings (SSSR count). The molecule has 0 atom stereocenters. The van der Waals surface area contributed by atoms with Crippen molar-refractivity contribution in [2.75, 3.05) is 24.7 Å². The third-order valence-corrected chi connectivity index (χ3v) is 7.17. The normalized spacial score (nSPS) is 15.8. The number of alkyl halides is 3. The molecule has 2 aromatic rings. The number of thioether (sulfide) groups is 1. The zero-order valence-electron chi connectivity index (χ0n) is 18.0. The van der Waals surface area contributed by atoms with Crippen LogP contribution in [0.2, 0.25) is 19.6 Å². The summed E-state index contributed by atoms with van der Waals surface area (Å²) in [6, 6.07) is 8.13. The van der Waals surface area contributed by atoms with Gasteiger partial charge in [0.25, 0.3) is 5.91 Å². The van der Waals surface area contributed by atoms with E-state index < -0.39 is 20.1 Å². The summed E-state index contributed by atoms with van der Waals surface area (Å²) in [7, 11) is -1.71. The highest BCUT2D eigenvalue weighted by atomic mass is 32.2. The van der Waals surface area contributed by atoms with Gasteiger partial charge < -0.3 is 13.7 Å². The molecule has 1 saturated heterocycles. The van der Waals surface area contributed by atoms with Crippen molar-refractivity contribution in [1.82, 2.24) is 4.90 Å². The molecule has 4 nitrogen and oxygen atoms in total. The zero-order chi connectivity index (χ0) is 22.6. The van der Waals surface area contributed by atoms with Crippen LogP contribution in [0.3, 0.4) is 0 Å². The highest BCUT2D eigenvalue weighted by Gasteiger charge is 2.31. The van der Waals surface area contributed by atoms with E-state index >= 15 is 0 Å². The van der Waals surface area contributed by atoms with Crippen LogP contribution in [0.15, 0.2) is 40.8 Å². The lowest BCUT2D eigenvalue weighted by molar-refractivity contribution is -0.137. The molecule has 31 heavy (non-hydrogen) atoms. The van der Waals surface area contributed by atoms with E-state index in [1.54, 1.807) is 18.2 Å². The molecule has 1 aromatic carbocycles. The van der Waals surface area contributed by atoms with Gasteiger partial charge in [-0.05, 0) is 68.3 Å². The molecular weight excluding hydrogens is 443 g/mol. The largest absolute Gasteiger partial charge is 0.451 e. The molecule has 0 saturated carbocycles. The number of furan rings is 1. The number of carbonyl (C=O) groups is 1. The molecule has 1 aliphatic rings. The topological polar surface area (TPSA) is 42.7 Å². The van der Waals surface area contributed by atoms with E-state index in [4.69, 9.17) is 8.84 Å². The molecule has 1 fully saturated rings. The van der Waals surface area contributed by atoms with Gasteiger partial charge in [-0.3, -0.25) is 4.79 Å². The van der Waals surface area contributed by atoms with E-state index in [0.717, 1.165) is 36.5 Å². The number of hydrogen-bond acceptors (Lipinski definition) is 4. The van der Waals surface area contributed by atoms with Crippen LogP contribution < -0.4 is 0 Å². The minimum absolute atomic E-state index is 0.112. The number of hydrogen-bond donors (Lipinski definition) is 0. The van der Waals surface area contributed by atoms with Crippen molar-refractivity contribution >= 4 is 26.0 Å². The maximum atomic E-state index is 13.3. The second kappa shape index (κ2) is 9.83. The monoisotopic (exact) mass is 471 g/mol. The van der Waals surface area contributed by atoms with Crippen molar-refractivity contribution in [2.45, 2.75) is 44.7 Å². The van der Waals surface area contributed by atoms with E-state index in [0.29, 0.717) is 13.2 Å². The Kier molecular flexibility index (Phi) is 7.59. The van der Waals surface area contributed by atoms with Gasteiger partial charge in [-0.15, -0.1) is 0 Å². The molecule has 0 aliphatic carbocycles. The molecule has 0 spiro atoms. The summed E-state index contributed by atoms with van der Waals surface area (Å²) in [5, 5.41) is 0. The minimum atomic E-state index is -4.44. The number of rotatable bonds is 7. The first-order valence-electron chi connectivity index (χ1n) is 10.3.